The standard InChI is InChI=1S/C18H24N2O4.ClH/c1-3-4-13-5-6-15(16(9-13)22-2)24-12-18(21)20-7-8-23-17-11-19-10-14(17)20;/h3-6,9,14,17,19H,7-8,10-12H2,1-2H3;1H/b4-3+;/t14-,17+;/m1./s1. The molecule has 7 heteroatoms. The Morgan fingerprint density at radius 1 is 1.40 bits per heavy atom. The van der Waals surface area contributed by atoms with Crippen molar-refractivity contribution >= 4 is 24.4 Å². The summed E-state index contributed by atoms with van der Waals surface area (Å²) in [5.41, 5.74) is 1.03. The largest absolute Gasteiger partial charge is 0.493 e. The molecule has 1 aromatic rings. The van der Waals surface area contributed by atoms with Crippen LogP contribution in [0.15, 0.2) is 24.3 Å². The fourth-order valence-corrected chi connectivity index (χ4v) is 3.22. The molecule has 0 saturated carbocycles. The van der Waals surface area contributed by atoms with E-state index in [1.54, 1.807) is 7.11 Å². The van der Waals surface area contributed by atoms with Crippen molar-refractivity contribution in [2.45, 2.75) is 19.1 Å². The van der Waals surface area contributed by atoms with Crippen molar-refractivity contribution in [1.82, 2.24) is 10.2 Å². The number of carbonyl (C=O) groups is 1. The van der Waals surface area contributed by atoms with Gasteiger partial charge in [-0.3, -0.25) is 4.79 Å². The van der Waals surface area contributed by atoms with Crippen LogP contribution in [0.5, 0.6) is 11.5 Å². The van der Waals surface area contributed by atoms with E-state index >= 15 is 0 Å². The first-order valence-corrected chi connectivity index (χ1v) is 8.28. The number of methoxy groups -OCH3 is 1. The molecule has 1 amide bonds. The minimum atomic E-state index is -0.0171. The first-order valence-electron chi connectivity index (χ1n) is 8.28. The maximum absolute atomic E-state index is 12.5. The average Bonchev–Trinajstić information content (AvgIpc) is 3.09. The Morgan fingerprint density at radius 2 is 2.24 bits per heavy atom. The SMILES string of the molecule is C/C=C/c1ccc(OCC(=O)N2CCO[C@H]3CNC[C@H]32)c(OC)c1.Cl. The third-order valence-corrected chi connectivity index (χ3v) is 4.41. The number of carbonyl (C=O) groups excluding carboxylic acids is 1. The lowest BCUT2D eigenvalue weighted by atomic mass is 10.1. The number of ether oxygens (including phenoxy) is 3. The van der Waals surface area contributed by atoms with Gasteiger partial charge >= 0.3 is 0 Å². The highest BCUT2D eigenvalue weighted by molar-refractivity contribution is 5.85. The summed E-state index contributed by atoms with van der Waals surface area (Å²) in [6, 6.07) is 5.77. The molecule has 1 aromatic carbocycles. The number of allylic oxidation sites excluding steroid dienone is 1. The summed E-state index contributed by atoms with van der Waals surface area (Å²) in [5, 5.41) is 3.27. The van der Waals surface area contributed by atoms with Crippen LogP contribution in [-0.4, -0.2) is 62.9 Å². The summed E-state index contributed by atoms with van der Waals surface area (Å²) in [4.78, 5) is 14.4. The Labute approximate surface area is 154 Å². The minimum Gasteiger partial charge on any atom is -0.493 e. The second-order valence-corrected chi connectivity index (χ2v) is 5.92. The van der Waals surface area contributed by atoms with Crippen molar-refractivity contribution < 1.29 is 19.0 Å². The molecule has 0 spiro atoms. The van der Waals surface area contributed by atoms with Gasteiger partial charge in [0.25, 0.3) is 5.91 Å². The van der Waals surface area contributed by atoms with Gasteiger partial charge in [0.15, 0.2) is 18.1 Å². The van der Waals surface area contributed by atoms with Crippen molar-refractivity contribution in [2.75, 3.05) is 40.0 Å². The van der Waals surface area contributed by atoms with E-state index in [9.17, 15) is 4.79 Å². The van der Waals surface area contributed by atoms with Gasteiger partial charge in [-0.25, -0.2) is 0 Å². The van der Waals surface area contributed by atoms with Crippen LogP contribution in [0.25, 0.3) is 6.08 Å². The summed E-state index contributed by atoms with van der Waals surface area (Å²) in [6.45, 7) is 4.73. The highest BCUT2D eigenvalue weighted by atomic mass is 35.5. The maximum Gasteiger partial charge on any atom is 0.260 e. The second kappa shape index (κ2) is 9.08. The fourth-order valence-electron chi connectivity index (χ4n) is 3.22. The Hall–Kier alpha value is -1.76. The average molecular weight is 369 g/mol. The zero-order chi connectivity index (χ0) is 16.9. The highest BCUT2D eigenvalue weighted by Gasteiger charge is 2.38. The molecule has 2 aliphatic heterocycles. The van der Waals surface area contributed by atoms with Crippen LogP contribution >= 0.6 is 12.4 Å². The third-order valence-electron chi connectivity index (χ3n) is 4.41. The van der Waals surface area contributed by atoms with Crippen LogP contribution in [-0.2, 0) is 9.53 Å². The molecule has 0 aromatic heterocycles. The number of hydrogen-bond acceptors (Lipinski definition) is 5. The Balaban J connectivity index is 0.00000225. The minimum absolute atomic E-state index is 0. The molecule has 2 aliphatic rings. The van der Waals surface area contributed by atoms with Gasteiger partial charge in [-0.2, -0.15) is 0 Å². The highest BCUT2D eigenvalue weighted by Crippen LogP contribution is 2.29. The third kappa shape index (κ3) is 4.45. The number of nitrogens with zero attached hydrogens (tertiary/aromatic N) is 1. The number of amides is 1. The predicted molar refractivity (Wildman–Crippen MR) is 98.6 cm³/mol. The second-order valence-electron chi connectivity index (χ2n) is 5.92. The number of morpholine rings is 1. The Bertz CT molecular complexity index is 623. The van der Waals surface area contributed by atoms with Gasteiger partial charge in [0.2, 0.25) is 0 Å². The van der Waals surface area contributed by atoms with Crippen LogP contribution in [0.2, 0.25) is 0 Å². The molecule has 25 heavy (non-hydrogen) atoms. The van der Waals surface area contributed by atoms with Gasteiger partial charge in [-0.15, -0.1) is 12.4 Å². The van der Waals surface area contributed by atoms with Crippen molar-refractivity contribution in [1.29, 1.82) is 0 Å². The summed E-state index contributed by atoms with van der Waals surface area (Å²) in [6.07, 6.45) is 4.04. The normalized spacial score (nSPS) is 22.4. The molecule has 2 saturated heterocycles. The van der Waals surface area contributed by atoms with Crippen molar-refractivity contribution in [3.8, 4) is 11.5 Å². The molecule has 0 bridgehead atoms. The number of rotatable bonds is 5. The molecule has 3 rings (SSSR count). The van der Waals surface area contributed by atoms with Gasteiger partial charge in [0, 0.05) is 19.6 Å². The molecule has 138 valence electrons. The van der Waals surface area contributed by atoms with Gasteiger partial charge in [-0.1, -0.05) is 18.2 Å². The predicted octanol–water partition coefficient (Wildman–Crippen LogP) is 1.73. The van der Waals surface area contributed by atoms with E-state index < -0.39 is 0 Å². The maximum atomic E-state index is 12.5. The summed E-state index contributed by atoms with van der Waals surface area (Å²) in [7, 11) is 1.60. The summed E-state index contributed by atoms with van der Waals surface area (Å²) < 4.78 is 16.8. The van der Waals surface area contributed by atoms with E-state index in [1.807, 2.05) is 42.2 Å². The lowest BCUT2D eigenvalue weighted by molar-refractivity contribution is -0.144. The number of nitrogens with one attached hydrogen (secondary N) is 1. The van der Waals surface area contributed by atoms with Crippen LogP contribution in [0.3, 0.4) is 0 Å². The van der Waals surface area contributed by atoms with E-state index in [2.05, 4.69) is 5.32 Å². The molecular weight excluding hydrogens is 344 g/mol. The number of hydrogen-bond donors (Lipinski definition) is 1. The van der Waals surface area contributed by atoms with Gasteiger partial charge in [0.05, 0.1) is 25.9 Å². The lowest BCUT2D eigenvalue weighted by Crippen LogP contribution is -2.54. The molecule has 0 aliphatic carbocycles. The van der Waals surface area contributed by atoms with Crippen molar-refractivity contribution in [3.63, 3.8) is 0 Å². The quantitative estimate of drug-likeness (QED) is 0.857. The number of benzene rings is 1. The topological polar surface area (TPSA) is 60.0 Å². The van der Waals surface area contributed by atoms with E-state index in [0.717, 1.165) is 18.7 Å². The van der Waals surface area contributed by atoms with Crippen molar-refractivity contribution in [3.05, 3.63) is 29.8 Å². The zero-order valence-corrected chi connectivity index (χ0v) is 15.4. The number of fused-ring (bicyclic) bond motifs is 1. The smallest absolute Gasteiger partial charge is 0.260 e. The van der Waals surface area contributed by atoms with Gasteiger partial charge in [-0.05, 0) is 24.6 Å². The fraction of sp³-hybridized carbons (Fsp3) is 0.500. The van der Waals surface area contributed by atoms with E-state index in [4.69, 9.17) is 14.2 Å². The zero-order valence-electron chi connectivity index (χ0n) is 14.6. The first-order chi connectivity index (χ1) is 11.7. The Kier molecular flexibility index (Phi) is 7.11. The first kappa shape index (κ1) is 19.6. The van der Waals surface area contributed by atoms with Gasteiger partial charge in [0.1, 0.15) is 0 Å². The van der Waals surface area contributed by atoms with Crippen LogP contribution in [0.1, 0.15) is 12.5 Å². The molecular formula is C18H25ClN2O4. The monoisotopic (exact) mass is 368 g/mol. The van der Waals surface area contributed by atoms with E-state index in [0.29, 0.717) is 24.7 Å². The molecule has 2 fully saturated rings. The van der Waals surface area contributed by atoms with Crippen LogP contribution < -0.4 is 14.8 Å². The van der Waals surface area contributed by atoms with Crippen molar-refractivity contribution in [2.24, 2.45) is 0 Å². The van der Waals surface area contributed by atoms with E-state index in [1.165, 1.54) is 0 Å². The van der Waals surface area contributed by atoms with E-state index in [-0.39, 0.29) is 37.1 Å². The Morgan fingerprint density at radius 3 is 3.00 bits per heavy atom. The molecule has 0 radical (unpaired) electrons. The molecule has 6 nitrogen and oxygen atoms in total. The molecule has 0 unspecified atom stereocenters. The molecule has 2 heterocycles. The summed E-state index contributed by atoms with van der Waals surface area (Å²) >= 11 is 0. The number of halogens is 1. The molecule has 1 N–H and O–H groups in total. The molecule has 2 atom stereocenters. The van der Waals surface area contributed by atoms with Crippen LogP contribution in [0, 0.1) is 0 Å². The van der Waals surface area contributed by atoms with Gasteiger partial charge < -0.3 is 24.4 Å². The van der Waals surface area contributed by atoms with Crippen LogP contribution in [0.4, 0.5) is 0 Å². The lowest BCUT2D eigenvalue weighted by Gasteiger charge is -2.36. The summed E-state index contributed by atoms with van der Waals surface area (Å²) in [5.74, 6) is 1.19.